The molecule has 0 saturated heterocycles. The summed E-state index contributed by atoms with van der Waals surface area (Å²) >= 11 is 0. The average molecular weight is 275 g/mol. The summed E-state index contributed by atoms with van der Waals surface area (Å²) in [4.78, 5) is 24.4. The summed E-state index contributed by atoms with van der Waals surface area (Å²) in [6.07, 6.45) is 0. The number of amides is 1. The summed E-state index contributed by atoms with van der Waals surface area (Å²) in [7, 11) is 0. The first-order valence-corrected chi connectivity index (χ1v) is 6.23. The molecule has 0 aromatic heterocycles. The number of hydrogen-bond acceptors (Lipinski definition) is 2. The quantitative estimate of drug-likeness (QED) is 0.932. The Morgan fingerprint density at radius 1 is 1.15 bits per heavy atom. The smallest absolute Gasteiger partial charge is 0.323 e. The van der Waals surface area contributed by atoms with Crippen molar-refractivity contribution in [3.05, 3.63) is 47.8 Å². The number of carbonyl (C=O) groups excluding carboxylic acids is 1. The van der Waals surface area contributed by atoms with Gasteiger partial charge in [0, 0.05) is 17.5 Å². The van der Waals surface area contributed by atoms with Gasteiger partial charge in [0.1, 0.15) is 12.4 Å². The zero-order chi connectivity index (χ0) is 14.7. The van der Waals surface area contributed by atoms with Crippen molar-refractivity contribution in [3.63, 3.8) is 0 Å². The highest BCUT2D eigenvalue weighted by Crippen LogP contribution is 2.23. The number of likely N-dealkylation sites (N-methyl/N-ethyl adjacent to an activating group) is 1. The third-order valence-corrected chi connectivity index (χ3v) is 3.10. The van der Waals surface area contributed by atoms with Gasteiger partial charge in [0.25, 0.3) is 5.91 Å². The van der Waals surface area contributed by atoms with E-state index in [1.807, 2.05) is 0 Å². The molecule has 0 aliphatic rings. The first-order chi connectivity index (χ1) is 9.54. The predicted octanol–water partition coefficient (Wildman–Crippen LogP) is 2.53. The number of halogens is 1. The van der Waals surface area contributed by atoms with Crippen LogP contribution < -0.4 is 0 Å². The van der Waals surface area contributed by atoms with Gasteiger partial charge in [-0.05, 0) is 24.4 Å². The van der Waals surface area contributed by atoms with Crippen molar-refractivity contribution in [2.75, 3.05) is 13.1 Å². The normalized spacial score (nSPS) is 10.5. The Bertz CT molecular complexity index is 669. The molecule has 2 aromatic rings. The summed E-state index contributed by atoms with van der Waals surface area (Å²) in [6, 6.07) is 9.27. The molecule has 2 rings (SSSR count). The van der Waals surface area contributed by atoms with E-state index in [0.717, 1.165) is 0 Å². The minimum absolute atomic E-state index is 0.275. The van der Waals surface area contributed by atoms with E-state index in [1.54, 1.807) is 31.2 Å². The van der Waals surface area contributed by atoms with E-state index < -0.39 is 17.7 Å². The van der Waals surface area contributed by atoms with Crippen LogP contribution >= 0.6 is 0 Å². The van der Waals surface area contributed by atoms with Crippen LogP contribution in [-0.4, -0.2) is 35.0 Å². The van der Waals surface area contributed by atoms with E-state index in [2.05, 4.69) is 0 Å². The van der Waals surface area contributed by atoms with Crippen molar-refractivity contribution in [1.82, 2.24) is 4.90 Å². The number of aliphatic carboxylic acids is 1. The van der Waals surface area contributed by atoms with Crippen LogP contribution in [0.3, 0.4) is 0 Å². The Hall–Kier alpha value is -2.43. The van der Waals surface area contributed by atoms with Crippen LogP contribution in [0.4, 0.5) is 4.39 Å². The molecule has 5 heteroatoms. The Balaban J connectivity index is 2.49. The first-order valence-electron chi connectivity index (χ1n) is 6.23. The molecule has 1 amide bonds. The lowest BCUT2D eigenvalue weighted by Gasteiger charge is -2.19. The lowest BCUT2D eigenvalue weighted by Crippen LogP contribution is -2.35. The molecular weight excluding hydrogens is 261 g/mol. The molecule has 0 atom stereocenters. The standard InChI is InChI=1S/C15H14FNO3/c1-2-17(9-14(18)19)15(20)12-7-8-13(16)11-6-4-3-5-10(11)12/h3-8H,2,9H2,1H3,(H,18,19). The van der Waals surface area contributed by atoms with Crippen LogP contribution in [0.25, 0.3) is 10.8 Å². The topological polar surface area (TPSA) is 57.6 Å². The Morgan fingerprint density at radius 3 is 2.40 bits per heavy atom. The van der Waals surface area contributed by atoms with Crippen molar-refractivity contribution in [3.8, 4) is 0 Å². The third kappa shape index (κ3) is 2.61. The van der Waals surface area contributed by atoms with Crippen LogP contribution in [0.1, 0.15) is 17.3 Å². The number of carboxylic acid groups (broad SMARTS) is 1. The van der Waals surface area contributed by atoms with Crippen molar-refractivity contribution in [1.29, 1.82) is 0 Å². The number of fused-ring (bicyclic) bond motifs is 1. The van der Waals surface area contributed by atoms with Crippen LogP contribution in [0, 0.1) is 5.82 Å². The second-order valence-corrected chi connectivity index (χ2v) is 4.35. The number of rotatable bonds is 4. The monoisotopic (exact) mass is 275 g/mol. The second kappa shape index (κ2) is 5.69. The van der Waals surface area contributed by atoms with Gasteiger partial charge in [-0.15, -0.1) is 0 Å². The second-order valence-electron chi connectivity index (χ2n) is 4.35. The summed E-state index contributed by atoms with van der Waals surface area (Å²) < 4.78 is 13.7. The molecule has 0 saturated carbocycles. The molecule has 0 spiro atoms. The molecule has 0 heterocycles. The van der Waals surface area contributed by atoms with E-state index in [4.69, 9.17) is 5.11 Å². The van der Waals surface area contributed by atoms with Gasteiger partial charge in [0.05, 0.1) is 0 Å². The average Bonchev–Trinajstić information content (AvgIpc) is 2.44. The lowest BCUT2D eigenvalue weighted by atomic mass is 10.0. The summed E-state index contributed by atoms with van der Waals surface area (Å²) in [5, 5.41) is 9.65. The fourth-order valence-electron chi connectivity index (χ4n) is 2.11. The maximum absolute atomic E-state index is 13.7. The largest absolute Gasteiger partial charge is 0.480 e. The van der Waals surface area contributed by atoms with Gasteiger partial charge in [-0.1, -0.05) is 24.3 Å². The molecule has 0 unspecified atom stereocenters. The molecule has 2 aromatic carbocycles. The molecule has 0 aliphatic carbocycles. The minimum atomic E-state index is -1.08. The minimum Gasteiger partial charge on any atom is -0.480 e. The number of nitrogens with zero attached hydrogens (tertiary/aromatic N) is 1. The molecule has 0 aliphatic heterocycles. The van der Waals surface area contributed by atoms with Crippen LogP contribution in [0.15, 0.2) is 36.4 Å². The van der Waals surface area contributed by atoms with Gasteiger partial charge >= 0.3 is 5.97 Å². The van der Waals surface area contributed by atoms with Gasteiger partial charge < -0.3 is 10.0 Å². The first kappa shape index (κ1) is 14.0. The van der Waals surface area contributed by atoms with Crippen molar-refractivity contribution < 1.29 is 19.1 Å². The van der Waals surface area contributed by atoms with Crippen LogP contribution in [0.5, 0.6) is 0 Å². The maximum Gasteiger partial charge on any atom is 0.323 e. The highest BCUT2D eigenvalue weighted by molar-refractivity contribution is 6.07. The molecular formula is C15H14FNO3. The lowest BCUT2D eigenvalue weighted by molar-refractivity contribution is -0.137. The van der Waals surface area contributed by atoms with Gasteiger partial charge in [-0.3, -0.25) is 9.59 Å². The number of carboxylic acids is 1. The summed E-state index contributed by atoms with van der Waals surface area (Å²) in [5.74, 6) is -1.89. The van der Waals surface area contributed by atoms with E-state index in [0.29, 0.717) is 16.3 Å². The molecule has 20 heavy (non-hydrogen) atoms. The molecule has 1 N–H and O–H groups in total. The molecule has 104 valence electrons. The number of carbonyl (C=O) groups is 2. The van der Waals surface area contributed by atoms with Crippen molar-refractivity contribution >= 4 is 22.6 Å². The fraction of sp³-hybridized carbons (Fsp3) is 0.200. The third-order valence-electron chi connectivity index (χ3n) is 3.10. The summed E-state index contributed by atoms with van der Waals surface area (Å²) in [5.41, 5.74) is 0.310. The van der Waals surface area contributed by atoms with Crippen LogP contribution in [-0.2, 0) is 4.79 Å². The number of hydrogen-bond donors (Lipinski definition) is 1. The van der Waals surface area contributed by atoms with Crippen LogP contribution in [0.2, 0.25) is 0 Å². The predicted molar refractivity (Wildman–Crippen MR) is 73.1 cm³/mol. The Morgan fingerprint density at radius 2 is 1.80 bits per heavy atom. The van der Waals surface area contributed by atoms with Gasteiger partial charge in [0.15, 0.2) is 0 Å². The van der Waals surface area contributed by atoms with Crippen molar-refractivity contribution in [2.24, 2.45) is 0 Å². The van der Waals surface area contributed by atoms with Crippen molar-refractivity contribution in [2.45, 2.75) is 6.92 Å². The van der Waals surface area contributed by atoms with E-state index in [9.17, 15) is 14.0 Å². The van der Waals surface area contributed by atoms with Gasteiger partial charge in [0.2, 0.25) is 0 Å². The van der Waals surface area contributed by atoms with E-state index in [1.165, 1.54) is 17.0 Å². The summed E-state index contributed by atoms with van der Waals surface area (Å²) in [6.45, 7) is 1.60. The zero-order valence-electron chi connectivity index (χ0n) is 11.0. The molecule has 0 radical (unpaired) electrons. The SMILES string of the molecule is CCN(CC(=O)O)C(=O)c1ccc(F)c2ccccc12. The fourth-order valence-corrected chi connectivity index (χ4v) is 2.11. The van der Waals surface area contributed by atoms with E-state index in [-0.39, 0.29) is 13.1 Å². The molecule has 4 nitrogen and oxygen atoms in total. The highest BCUT2D eigenvalue weighted by atomic mass is 19.1. The molecule has 0 bridgehead atoms. The van der Waals surface area contributed by atoms with E-state index >= 15 is 0 Å². The zero-order valence-corrected chi connectivity index (χ0v) is 11.0. The maximum atomic E-state index is 13.7. The van der Waals surface area contributed by atoms with Gasteiger partial charge in [-0.25, -0.2) is 4.39 Å². The number of benzene rings is 2. The highest BCUT2D eigenvalue weighted by Gasteiger charge is 2.19. The Labute approximate surface area is 115 Å². The Kier molecular flexibility index (Phi) is 3.98. The van der Waals surface area contributed by atoms with Gasteiger partial charge in [-0.2, -0.15) is 0 Å². The molecule has 0 fully saturated rings.